The number of hydrogen-bond donors (Lipinski definition) is 2. The van der Waals surface area contributed by atoms with Crippen molar-refractivity contribution in [3.05, 3.63) is 71.2 Å². The van der Waals surface area contributed by atoms with Gasteiger partial charge in [-0.05, 0) is 36.8 Å². The molecule has 1 aliphatic rings. The average Bonchev–Trinajstić information content (AvgIpc) is 3.74. The lowest BCUT2D eigenvalue weighted by Crippen LogP contribution is -2.24. The summed E-state index contributed by atoms with van der Waals surface area (Å²) in [6.45, 7) is 1.80. The number of nitrogens with zero attached hydrogens (tertiary/aromatic N) is 5. The van der Waals surface area contributed by atoms with Gasteiger partial charge in [-0.25, -0.2) is 18.2 Å². The minimum absolute atomic E-state index is 0.00245. The van der Waals surface area contributed by atoms with E-state index >= 15 is 4.39 Å². The highest BCUT2D eigenvalue weighted by Crippen LogP contribution is 2.37. The van der Waals surface area contributed by atoms with Gasteiger partial charge in [-0.2, -0.15) is 5.10 Å². The Kier molecular flexibility index (Phi) is 5.98. The maximum Gasteiger partial charge on any atom is 0.261 e. The zero-order valence-electron chi connectivity index (χ0n) is 21.7. The third kappa shape index (κ3) is 4.58. The van der Waals surface area contributed by atoms with Crippen molar-refractivity contribution < 1.29 is 18.0 Å². The second kappa shape index (κ2) is 9.60. The summed E-state index contributed by atoms with van der Waals surface area (Å²) in [6.07, 6.45) is 4.43. The molecule has 0 saturated carbocycles. The smallest absolute Gasteiger partial charge is 0.261 e. The topological polar surface area (TPSA) is 103 Å². The number of para-hydroxylation sites is 1. The second-order valence-corrected chi connectivity index (χ2v) is 11.3. The first-order valence-corrected chi connectivity index (χ1v) is 13.7. The van der Waals surface area contributed by atoms with E-state index in [0.29, 0.717) is 38.6 Å². The van der Waals surface area contributed by atoms with Gasteiger partial charge in [-0.1, -0.05) is 12.1 Å². The number of carbonyl (C=O) groups is 1. The number of imidazole rings is 1. The van der Waals surface area contributed by atoms with Gasteiger partial charge >= 0.3 is 0 Å². The molecule has 1 aliphatic heterocycles. The number of pyridine rings is 2. The van der Waals surface area contributed by atoms with Crippen molar-refractivity contribution in [1.29, 1.82) is 0 Å². The Bertz CT molecular complexity index is 1960. The molecule has 1 aromatic carbocycles. The van der Waals surface area contributed by atoms with E-state index in [0.717, 1.165) is 16.0 Å². The van der Waals surface area contributed by atoms with Crippen molar-refractivity contribution >= 4 is 39.1 Å². The van der Waals surface area contributed by atoms with E-state index in [2.05, 4.69) is 25.1 Å². The van der Waals surface area contributed by atoms with Crippen molar-refractivity contribution in [2.24, 2.45) is 0 Å². The van der Waals surface area contributed by atoms with E-state index < -0.39 is 11.7 Å². The van der Waals surface area contributed by atoms with E-state index in [1.165, 1.54) is 30.7 Å². The van der Waals surface area contributed by atoms with E-state index in [-0.39, 0.29) is 42.9 Å². The van der Waals surface area contributed by atoms with Crippen molar-refractivity contribution in [2.75, 3.05) is 13.1 Å². The minimum atomic E-state index is -2.69. The maximum absolute atomic E-state index is 16.1. The minimum Gasteiger partial charge on any atom is -0.337 e. The van der Waals surface area contributed by atoms with Crippen LogP contribution >= 0.6 is 11.3 Å². The van der Waals surface area contributed by atoms with Crippen molar-refractivity contribution in [3.8, 4) is 33.2 Å². The largest absolute Gasteiger partial charge is 0.337 e. The molecule has 0 atom stereocenters. The number of carbonyl (C=O) groups excluding carboxylic acids is 1. The molecule has 1 fully saturated rings. The Morgan fingerprint density at radius 3 is 2.78 bits per heavy atom. The van der Waals surface area contributed by atoms with E-state index in [1.807, 2.05) is 24.3 Å². The summed E-state index contributed by atoms with van der Waals surface area (Å²) in [6, 6.07) is 11.1. The molecule has 6 aromatic rings. The lowest BCUT2D eigenvalue weighted by atomic mass is 10.1. The van der Waals surface area contributed by atoms with Crippen LogP contribution in [0.15, 0.2) is 55.0 Å². The quantitative estimate of drug-likeness (QED) is 0.221. The number of aromatic nitrogens is 6. The van der Waals surface area contributed by atoms with Crippen LogP contribution in [-0.2, 0) is 6.54 Å². The number of rotatable bonds is 6. The van der Waals surface area contributed by atoms with Crippen molar-refractivity contribution in [2.45, 2.75) is 25.8 Å². The summed E-state index contributed by atoms with van der Waals surface area (Å²) < 4.78 is 43.4. The summed E-state index contributed by atoms with van der Waals surface area (Å²) in [7, 11) is 0. The lowest BCUT2D eigenvalue weighted by molar-refractivity contribution is 0.0115. The number of H-pyrrole nitrogens is 2. The van der Waals surface area contributed by atoms with Gasteiger partial charge in [-0.15, -0.1) is 11.3 Å². The number of benzene rings is 1. The predicted octanol–water partition coefficient (Wildman–Crippen LogP) is 6.47. The first kappa shape index (κ1) is 25.5. The number of nitrogens with one attached hydrogen (secondary N) is 2. The number of halogens is 3. The van der Waals surface area contributed by atoms with Gasteiger partial charge in [0.05, 0.1) is 39.6 Å². The zero-order chi connectivity index (χ0) is 28.3. The fourth-order valence-corrected chi connectivity index (χ4v) is 6.19. The van der Waals surface area contributed by atoms with Crippen LogP contribution in [0.2, 0.25) is 0 Å². The molecular formula is C29H22F3N7OS. The van der Waals surface area contributed by atoms with Gasteiger partial charge in [0.15, 0.2) is 17.4 Å². The molecule has 0 bridgehead atoms. The molecule has 1 saturated heterocycles. The Labute approximate surface area is 235 Å². The standard InChI is InChI=1S/C29H22F3N7OS/c1-15(40)21-5-6-22(41-21)18-3-2-4-19-26(18)36-28(35-19)27-23-20(37-38-27)12-34-25(24(23)30)17-9-16(10-33-11-17)13-39-8-7-29(31,32)14-39/h2-6,9-12H,7-8,13-14H2,1H3,(H,35,36)(H,37,38). The van der Waals surface area contributed by atoms with E-state index in [4.69, 9.17) is 4.98 Å². The van der Waals surface area contributed by atoms with Gasteiger partial charge in [0, 0.05) is 47.9 Å². The number of ketones is 1. The molecule has 7 rings (SSSR count). The zero-order valence-corrected chi connectivity index (χ0v) is 22.5. The summed E-state index contributed by atoms with van der Waals surface area (Å²) in [4.78, 5) is 31.6. The first-order valence-electron chi connectivity index (χ1n) is 12.9. The van der Waals surface area contributed by atoms with E-state index in [1.54, 1.807) is 23.2 Å². The molecule has 0 aliphatic carbocycles. The molecule has 0 unspecified atom stereocenters. The van der Waals surface area contributed by atoms with Gasteiger partial charge < -0.3 is 4.98 Å². The normalized spacial score (nSPS) is 15.3. The Hall–Kier alpha value is -4.42. The molecule has 6 heterocycles. The molecule has 5 aromatic heterocycles. The van der Waals surface area contributed by atoms with Crippen LogP contribution in [0.25, 0.3) is 55.2 Å². The molecule has 206 valence electrons. The predicted molar refractivity (Wildman–Crippen MR) is 150 cm³/mol. The highest BCUT2D eigenvalue weighted by molar-refractivity contribution is 7.17. The number of thiophene rings is 1. The molecule has 2 N–H and O–H groups in total. The molecule has 8 nitrogen and oxygen atoms in total. The van der Waals surface area contributed by atoms with E-state index in [9.17, 15) is 13.6 Å². The second-order valence-electron chi connectivity index (χ2n) is 10.2. The summed E-state index contributed by atoms with van der Waals surface area (Å²) in [5.41, 5.74) is 4.17. The Morgan fingerprint density at radius 1 is 1.12 bits per heavy atom. The van der Waals surface area contributed by atoms with Gasteiger partial charge in [-0.3, -0.25) is 24.8 Å². The Balaban J connectivity index is 1.27. The van der Waals surface area contributed by atoms with Crippen molar-refractivity contribution in [3.63, 3.8) is 0 Å². The molecule has 0 radical (unpaired) electrons. The fourth-order valence-electron chi connectivity index (χ4n) is 5.27. The van der Waals surface area contributed by atoms with Crippen LogP contribution in [-0.4, -0.2) is 59.8 Å². The highest BCUT2D eigenvalue weighted by Gasteiger charge is 2.38. The molecule has 0 spiro atoms. The van der Waals surface area contributed by atoms with Gasteiger partial charge in [0.25, 0.3) is 5.92 Å². The number of Topliss-reactive ketones (excluding diaryl/α,β-unsaturated/α-hetero) is 1. The van der Waals surface area contributed by atoms with Gasteiger partial charge in [0.1, 0.15) is 11.4 Å². The fraction of sp³-hybridized carbons (Fsp3) is 0.207. The van der Waals surface area contributed by atoms with Crippen LogP contribution in [0, 0.1) is 5.82 Å². The summed E-state index contributed by atoms with van der Waals surface area (Å²) in [5, 5.41) is 7.41. The molecule has 41 heavy (non-hydrogen) atoms. The highest BCUT2D eigenvalue weighted by atomic mass is 32.1. The number of fused-ring (bicyclic) bond motifs is 2. The van der Waals surface area contributed by atoms with Crippen LogP contribution in [0.4, 0.5) is 13.2 Å². The van der Waals surface area contributed by atoms with Crippen LogP contribution in [0.5, 0.6) is 0 Å². The van der Waals surface area contributed by atoms with Crippen LogP contribution in [0.1, 0.15) is 28.6 Å². The molecular weight excluding hydrogens is 551 g/mol. The Morgan fingerprint density at radius 2 is 2.00 bits per heavy atom. The van der Waals surface area contributed by atoms with Crippen molar-refractivity contribution in [1.82, 2.24) is 35.0 Å². The third-order valence-electron chi connectivity index (χ3n) is 7.22. The van der Waals surface area contributed by atoms with Crippen LogP contribution < -0.4 is 0 Å². The molecule has 12 heteroatoms. The number of aromatic amines is 2. The SMILES string of the molecule is CC(=O)c1ccc(-c2cccc3[nH]c(-c4n[nH]c5cnc(-c6cncc(CN7CCC(F)(F)C7)c6)c(F)c45)nc23)s1. The number of hydrogen-bond acceptors (Lipinski definition) is 7. The average molecular weight is 574 g/mol. The van der Waals surface area contributed by atoms with Crippen LogP contribution in [0.3, 0.4) is 0 Å². The monoisotopic (exact) mass is 573 g/mol. The number of alkyl halides is 2. The lowest BCUT2D eigenvalue weighted by Gasteiger charge is -2.15. The summed E-state index contributed by atoms with van der Waals surface area (Å²) in [5.74, 6) is -2.92. The van der Waals surface area contributed by atoms with Gasteiger partial charge in [0.2, 0.25) is 0 Å². The maximum atomic E-state index is 16.1. The summed E-state index contributed by atoms with van der Waals surface area (Å²) >= 11 is 1.39. The third-order valence-corrected chi connectivity index (χ3v) is 8.44. The first-order chi connectivity index (χ1) is 19.8. The number of likely N-dealkylation sites (tertiary alicyclic amines) is 1. The molecule has 0 amide bonds.